The van der Waals surface area contributed by atoms with E-state index >= 15 is 0 Å². The molecule has 2 amide bonds. The van der Waals surface area contributed by atoms with Crippen molar-refractivity contribution in [2.75, 3.05) is 11.6 Å². The van der Waals surface area contributed by atoms with Gasteiger partial charge in [-0.3, -0.25) is 0 Å². The van der Waals surface area contributed by atoms with Crippen LogP contribution in [0.1, 0.15) is 11.1 Å². The van der Waals surface area contributed by atoms with E-state index < -0.39 is 16.1 Å². The minimum Gasteiger partial charge on any atom is -0.383 e. The van der Waals surface area contributed by atoms with Gasteiger partial charge in [0.05, 0.1) is 22.7 Å². The maximum absolute atomic E-state index is 12.3. The van der Waals surface area contributed by atoms with Crippen molar-refractivity contribution in [3.05, 3.63) is 94.0 Å². The smallest absolute Gasteiger partial charge is 0.339 e. The van der Waals surface area contributed by atoms with E-state index in [1.165, 1.54) is 12.1 Å². The van der Waals surface area contributed by atoms with Gasteiger partial charge in [0.25, 0.3) is 0 Å². The molecule has 3 rings (SSSR count). The summed E-state index contributed by atoms with van der Waals surface area (Å²) in [6, 6.07) is 19.3. The lowest BCUT2D eigenvalue weighted by atomic mass is 10.0. The van der Waals surface area contributed by atoms with Gasteiger partial charge in [-0.15, -0.1) is 0 Å². The van der Waals surface area contributed by atoms with E-state index in [0.717, 1.165) is 6.26 Å². The first-order chi connectivity index (χ1) is 14.7. The monoisotopic (exact) mass is 477 g/mol. The number of hydrogen-bond acceptors (Lipinski definition) is 5. The van der Waals surface area contributed by atoms with Crippen LogP contribution >= 0.6 is 23.2 Å². The number of nitrogens with one attached hydrogen (secondary N) is 2. The highest BCUT2D eigenvalue weighted by molar-refractivity contribution is 7.86. The third kappa shape index (κ3) is 6.71. The average Bonchev–Trinajstić information content (AvgIpc) is 2.71. The fourth-order valence-electron chi connectivity index (χ4n) is 2.57. The molecule has 0 radical (unpaired) electrons. The standard InChI is InChI=1S/C21H17Cl2N3O4S/c1-31(28,29)30-17-12-8-15(9-13-17)20(14-6-10-16(22)11-7-14)25-26-21(27)24-19-5-3-2-4-18(19)23/h2-13H,1H3,(H2,24,26,27). The van der Waals surface area contributed by atoms with Crippen molar-refractivity contribution in [1.29, 1.82) is 0 Å². The molecular formula is C21H17Cl2N3O4S. The Morgan fingerprint density at radius 3 is 2.06 bits per heavy atom. The Morgan fingerprint density at radius 2 is 1.48 bits per heavy atom. The Labute approximate surface area is 189 Å². The van der Waals surface area contributed by atoms with Gasteiger partial charge in [-0.2, -0.15) is 13.5 Å². The van der Waals surface area contributed by atoms with E-state index in [2.05, 4.69) is 15.8 Å². The van der Waals surface area contributed by atoms with Crippen molar-refractivity contribution in [2.24, 2.45) is 5.10 Å². The topological polar surface area (TPSA) is 96.9 Å². The van der Waals surface area contributed by atoms with Gasteiger partial charge in [0.1, 0.15) is 5.75 Å². The van der Waals surface area contributed by atoms with E-state index in [0.29, 0.717) is 32.6 Å². The molecule has 0 heterocycles. The van der Waals surface area contributed by atoms with E-state index in [9.17, 15) is 13.2 Å². The van der Waals surface area contributed by atoms with Crippen LogP contribution in [0.2, 0.25) is 10.0 Å². The molecule has 0 aliphatic rings. The molecule has 0 spiro atoms. The molecule has 3 aromatic carbocycles. The summed E-state index contributed by atoms with van der Waals surface area (Å²) in [5.41, 5.74) is 4.60. The molecule has 7 nitrogen and oxygen atoms in total. The van der Waals surface area contributed by atoms with E-state index in [-0.39, 0.29) is 5.75 Å². The highest BCUT2D eigenvalue weighted by Gasteiger charge is 2.11. The Hall–Kier alpha value is -3.07. The zero-order chi connectivity index (χ0) is 22.4. The van der Waals surface area contributed by atoms with E-state index in [1.54, 1.807) is 60.7 Å². The SMILES string of the molecule is CS(=O)(=O)Oc1ccc(C(=NNC(=O)Nc2ccccc2Cl)c2ccc(Cl)cc2)cc1. The molecule has 160 valence electrons. The minimum atomic E-state index is -3.64. The molecule has 0 fully saturated rings. The number of hydrogen-bond donors (Lipinski definition) is 2. The van der Waals surface area contributed by atoms with Crippen LogP contribution in [0.3, 0.4) is 0 Å². The maximum Gasteiger partial charge on any atom is 0.339 e. The quantitative estimate of drug-likeness (QED) is 0.299. The highest BCUT2D eigenvalue weighted by Crippen LogP contribution is 2.21. The summed E-state index contributed by atoms with van der Waals surface area (Å²) in [4.78, 5) is 12.3. The Morgan fingerprint density at radius 1 is 0.903 bits per heavy atom. The number of amides is 2. The number of rotatable bonds is 6. The number of nitrogens with zero attached hydrogens (tertiary/aromatic N) is 1. The van der Waals surface area contributed by atoms with Crippen molar-refractivity contribution < 1.29 is 17.4 Å². The third-order valence-electron chi connectivity index (χ3n) is 3.88. The van der Waals surface area contributed by atoms with Crippen molar-refractivity contribution in [2.45, 2.75) is 0 Å². The van der Waals surface area contributed by atoms with Gasteiger partial charge < -0.3 is 9.50 Å². The highest BCUT2D eigenvalue weighted by atomic mass is 35.5. The molecule has 0 aromatic heterocycles. The fraction of sp³-hybridized carbons (Fsp3) is 0.0476. The van der Waals surface area contributed by atoms with Crippen LogP contribution in [0.4, 0.5) is 10.5 Å². The number of hydrazone groups is 1. The van der Waals surface area contributed by atoms with E-state index in [1.807, 2.05) is 0 Å². The zero-order valence-corrected chi connectivity index (χ0v) is 18.5. The number of urea groups is 1. The second-order valence-electron chi connectivity index (χ2n) is 6.32. The summed E-state index contributed by atoms with van der Waals surface area (Å²) in [5.74, 6) is 0.158. The van der Waals surface area contributed by atoms with Crippen LogP contribution in [0.15, 0.2) is 77.9 Å². The summed E-state index contributed by atoms with van der Waals surface area (Å²) < 4.78 is 27.5. The molecule has 0 saturated carbocycles. The van der Waals surface area contributed by atoms with Crippen LogP contribution < -0.4 is 14.9 Å². The lowest BCUT2D eigenvalue weighted by Gasteiger charge is -2.10. The normalized spacial score (nSPS) is 11.6. The van der Waals surface area contributed by atoms with Crippen molar-refractivity contribution in [1.82, 2.24) is 5.43 Å². The summed E-state index contributed by atoms with van der Waals surface area (Å²) in [6.45, 7) is 0. The number of halogens is 2. The van der Waals surface area contributed by atoms with Gasteiger partial charge in [-0.1, -0.05) is 47.5 Å². The summed E-state index contributed by atoms with van der Waals surface area (Å²) in [6.07, 6.45) is 0.961. The largest absolute Gasteiger partial charge is 0.383 e. The van der Waals surface area contributed by atoms with Crippen LogP contribution in [-0.4, -0.2) is 26.4 Å². The molecule has 0 unspecified atom stereocenters. The molecule has 0 aliphatic carbocycles. The molecule has 3 aromatic rings. The summed E-state index contributed by atoms with van der Waals surface area (Å²) in [5, 5.41) is 7.78. The first-order valence-corrected chi connectivity index (χ1v) is 11.4. The number of anilines is 1. The van der Waals surface area contributed by atoms with Gasteiger partial charge in [0, 0.05) is 16.1 Å². The first-order valence-electron chi connectivity index (χ1n) is 8.86. The molecular weight excluding hydrogens is 461 g/mol. The van der Waals surface area contributed by atoms with Crippen molar-refractivity contribution in [3.63, 3.8) is 0 Å². The lowest BCUT2D eigenvalue weighted by molar-refractivity contribution is 0.252. The number of carbonyl (C=O) groups is 1. The van der Waals surface area contributed by atoms with Crippen molar-refractivity contribution >= 4 is 50.8 Å². The number of carbonyl (C=O) groups excluding carboxylic acids is 1. The summed E-state index contributed by atoms with van der Waals surface area (Å²) in [7, 11) is -3.64. The molecule has 0 saturated heterocycles. The van der Waals surface area contributed by atoms with Crippen LogP contribution in [0.5, 0.6) is 5.75 Å². The Bertz CT molecular complexity index is 1210. The second kappa shape index (κ2) is 9.82. The average molecular weight is 478 g/mol. The summed E-state index contributed by atoms with van der Waals surface area (Å²) >= 11 is 12.0. The molecule has 0 bridgehead atoms. The lowest BCUT2D eigenvalue weighted by Crippen LogP contribution is -2.26. The fourth-order valence-corrected chi connectivity index (χ4v) is 3.34. The molecule has 2 N–H and O–H groups in total. The predicted octanol–water partition coefficient (Wildman–Crippen LogP) is 4.91. The van der Waals surface area contributed by atoms with Crippen LogP contribution in [-0.2, 0) is 10.1 Å². The van der Waals surface area contributed by atoms with Gasteiger partial charge in [-0.05, 0) is 48.5 Å². The molecule has 10 heteroatoms. The molecule has 0 aliphatic heterocycles. The zero-order valence-electron chi connectivity index (χ0n) is 16.2. The van der Waals surface area contributed by atoms with Crippen molar-refractivity contribution in [3.8, 4) is 5.75 Å². The minimum absolute atomic E-state index is 0.158. The van der Waals surface area contributed by atoms with Gasteiger partial charge in [-0.25, -0.2) is 10.2 Å². The van der Waals surface area contributed by atoms with Gasteiger partial charge in [0.2, 0.25) is 0 Å². The van der Waals surface area contributed by atoms with Crippen LogP contribution in [0, 0.1) is 0 Å². The maximum atomic E-state index is 12.3. The van der Waals surface area contributed by atoms with Gasteiger partial charge >= 0.3 is 16.1 Å². The third-order valence-corrected chi connectivity index (χ3v) is 4.96. The number of benzene rings is 3. The Balaban J connectivity index is 1.87. The first kappa shape index (κ1) is 22.6. The predicted molar refractivity (Wildman–Crippen MR) is 123 cm³/mol. The number of para-hydroxylation sites is 1. The molecule has 31 heavy (non-hydrogen) atoms. The molecule has 0 atom stereocenters. The van der Waals surface area contributed by atoms with Crippen LogP contribution in [0.25, 0.3) is 0 Å². The second-order valence-corrected chi connectivity index (χ2v) is 8.74. The van der Waals surface area contributed by atoms with E-state index in [4.69, 9.17) is 27.4 Å². The van der Waals surface area contributed by atoms with Gasteiger partial charge in [0.15, 0.2) is 0 Å². The Kier molecular flexibility index (Phi) is 7.17.